The minimum Gasteiger partial charge on any atom is -0.351 e. The lowest BCUT2D eigenvalue weighted by Gasteiger charge is -2.43. The number of benzene rings is 1. The van der Waals surface area contributed by atoms with Gasteiger partial charge in [0.15, 0.2) is 6.17 Å². The number of nitrogens with zero attached hydrogens (tertiary/aromatic N) is 2. The molecule has 0 bridgehead atoms. The summed E-state index contributed by atoms with van der Waals surface area (Å²) in [6.07, 6.45) is 5.88. The van der Waals surface area contributed by atoms with Gasteiger partial charge in [-0.15, -0.1) is 0 Å². The lowest BCUT2D eigenvalue weighted by molar-refractivity contribution is -0.149. The zero-order valence-corrected chi connectivity index (χ0v) is 17.9. The number of carbonyl (C=O) groups is 3. The van der Waals surface area contributed by atoms with E-state index in [9.17, 15) is 14.4 Å². The maximum Gasteiger partial charge on any atom is 0.263 e. The summed E-state index contributed by atoms with van der Waals surface area (Å²) in [6, 6.07) is 7.33. The van der Waals surface area contributed by atoms with Crippen LogP contribution in [0.4, 0.5) is 0 Å². The summed E-state index contributed by atoms with van der Waals surface area (Å²) < 4.78 is 0. The van der Waals surface area contributed by atoms with E-state index < -0.39 is 6.17 Å². The predicted octanol–water partition coefficient (Wildman–Crippen LogP) is 2.04. The van der Waals surface area contributed by atoms with E-state index in [1.54, 1.807) is 11.0 Å². The molecule has 2 fully saturated rings. The average molecular weight is 415 g/mol. The monoisotopic (exact) mass is 414 g/mol. The van der Waals surface area contributed by atoms with E-state index in [1.165, 1.54) is 30.6 Å². The molecule has 3 N–H and O–H groups in total. The van der Waals surface area contributed by atoms with Gasteiger partial charge in [-0.25, -0.2) is 0 Å². The highest BCUT2D eigenvalue weighted by Gasteiger charge is 2.40. The third-order valence-corrected chi connectivity index (χ3v) is 6.15. The maximum atomic E-state index is 13.3. The summed E-state index contributed by atoms with van der Waals surface area (Å²) in [7, 11) is 0. The molecule has 0 aromatic heterocycles. The predicted molar refractivity (Wildman–Crippen MR) is 116 cm³/mol. The highest BCUT2D eigenvalue weighted by Crippen LogP contribution is 2.29. The quantitative estimate of drug-likeness (QED) is 0.714. The van der Waals surface area contributed by atoms with Gasteiger partial charge in [0, 0.05) is 38.2 Å². The number of aryl methyl sites for hydroxylation is 1. The first kappa shape index (κ1) is 22.3. The van der Waals surface area contributed by atoms with Gasteiger partial charge >= 0.3 is 0 Å². The molecule has 1 aromatic carbocycles. The van der Waals surface area contributed by atoms with Crippen molar-refractivity contribution >= 4 is 17.7 Å². The van der Waals surface area contributed by atoms with Crippen molar-refractivity contribution < 1.29 is 14.4 Å². The first-order chi connectivity index (χ1) is 14.5. The lowest BCUT2D eigenvalue weighted by atomic mass is 10.0. The number of hydrogen-bond acceptors (Lipinski definition) is 4. The number of rotatable bonds is 7. The topological polar surface area (TPSA) is 95.7 Å². The molecule has 3 amide bonds. The van der Waals surface area contributed by atoms with Crippen LogP contribution in [-0.2, 0) is 9.59 Å². The normalized spacial score (nSPS) is 19.7. The fourth-order valence-electron chi connectivity index (χ4n) is 4.58. The molecule has 7 heteroatoms. The van der Waals surface area contributed by atoms with Crippen LogP contribution in [0.15, 0.2) is 24.3 Å². The number of amides is 3. The fraction of sp³-hybridized carbons (Fsp3) is 0.609. The highest BCUT2D eigenvalue weighted by atomic mass is 16.2. The number of hydrogen-bond donors (Lipinski definition) is 2. The zero-order valence-electron chi connectivity index (χ0n) is 17.9. The van der Waals surface area contributed by atoms with Crippen LogP contribution in [0.1, 0.15) is 60.9 Å². The van der Waals surface area contributed by atoms with E-state index in [4.69, 9.17) is 5.73 Å². The minimum atomic E-state index is -0.922. The number of carbonyl (C=O) groups excluding carboxylic acids is 3. The molecule has 1 saturated carbocycles. The molecular weight excluding hydrogens is 380 g/mol. The van der Waals surface area contributed by atoms with Crippen molar-refractivity contribution in [2.75, 3.05) is 26.2 Å². The van der Waals surface area contributed by atoms with Crippen LogP contribution in [0.5, 0.6) is 0 Å². The number of nitrogens with one attached hydrogen (secondary N) is 1. The van der Waals surface area contributed by atoms with Gasteiger partial charge in [0.1, 0.15) is 0 Å². The van der Waals surface area contributed by atoms with Gasteiger partial charge in [0.2, 0.25) is 5.91 Å². The molecule has 1 aliphatic carbocycles. The lowest BCUT2D eigenvalue weighted by Crippen LogP contribution is -2.63. The minimum absolute atomic E-state index is 0.0449. The molecule has 1 heterocycles. The number of nitrogens with two attached hydrogens (primary N) is 1. The third kappa shape index (κ3) is 5.39. The second-order valence-electron chi connectivity index (χ2n) is 8.45. The summed E-state index contributed by atoms with van der Waals surface area (Å²) in [5.74, 6) is 0.0000812. The molecule has 1 saturated heterocycles. The van der Waals surface area contributed by atoms with Gasteiger partial charge in [0.05, 0.1) is 0 Å². The van der Waals surface area contributed by atoms with Crippen molar-refractivity contribution in [3.63, 3.8) is 0 Å². The molecule has 30 heavy (non-hydrogen) atoms. The molecular formula is C23H34N4O3. The van der Waals surface area contributed by atoms with Crippen molar-refractivity contribution in [2.45, 2.75) is 58.0 Å². The van der Waals surface area contributed by atoms with E-state index in [0.29, 0.717) is 50.5 Å². The fourth-order valence-corrected chi connectivity index (χ4v) is 4.58. The van der Waals surface area contributed by atoms with Crippen molar-refractivity contribution in [2.24, 2.45) is 11.7 Å². The van der Waals surface area contributed by atoms with Crippen molar-refractivity contribution in [3.05, 3.63) is 35.4 Å². The smallest absolute Gasteiger partial charge is 0.263 e. The zero-order chi connectivity index (χ0) is 21.5. The van der Waals surface area contributed by atoms with Gasteiger partial charge in [0.25, 0.3) is 11.8 Å². The molecule has 1 aliphatic heterocycles. The Morgan fingerprint density at radius 2 is 1.83 bits per heavy atom. The van der Waals surface area contributed by atoms with Gasteiger partial charge in [-0.05, 0) is 37.8 Å². The molecule has 1 atom stereocenters. The Balaban J connectivity index is 1.78. The van der Waals surface area contributed by atoms with E-state index in [0.717, 1.165) is 12.0 Å². The Morgan fingerprint density at radius 1 is 1.10 bits per heavy atom. The summed E-state index contributed by atoms with van der Waals surface area (Å²) in [5, 5.41) is 2.78. The third-order valence-electron chi connectivity index (χ3n) is 6.15. The molecule has 2 aliphatic rings. The molecule has 0 spiro atoms. The van der Waals surface area contributed by atoms with E-state index in [1.807, 2.05) is 25.1 Å². The largest absolute Gasteiger partial charge is 0.351 e. The Morgan fingerprint density at radius 3 is 2.53 bits per heavy atom. The van der Waals surface area contributed by atoms with Gasteiger partial charge in [-0.2, -0.15) is 0 Å². The van der Waals surface area contributed by atoms with E-state index in [-0.39, 0.29) is 17.7 Å². The summed E-state index contributed by atoms with van der Waals surface area (Å²) in [5.41, 5.74) is 7.06. The second kappa shape index (κ2) is 10.6. The van der Waals surface area contributed by atoms with Crippen LogP contribution >= 0.6 is 0 Å². The summed E-state index contributed by atoms with van der Waals surface area (Å²) in [4.78, 5) is 42.5. The Labute approximate surface area is 179 Å². The van der Waals surface area contributed by atoms with Gasteiger partial charge in [-0.1, -0.05) is 43.4 Å². The van der Waals surface area contributed by atoms with E-state index >= 15 is 0 Å². The highest BCUT2D eigenvalue weighted by molar-refractivity contribution is 5.99. The van der Waals surface area contributed by atoms with Crippen LogP contribution in [-0.4, -0.2) is 59.9 Å². The van der Waals surface area contributed by atoms with Crippen molar-refractivity contribution in [1.82, 2.24) is 15.1 Å². The molecule has 3 rings (SSSR count). The Bertz CT molecular complexity index is 761. The van der Waals surface area contributed by atoms with Crippen LogP contribution in [0.2, 0.25) is 0 Å². The van der Waals surface area contributed by atoms with Gasteiger partial charge < -0.3 is 20.9 Å². The van der Waals surface area contributed by atoms with Gasteiger partial charge in [-0.3, -0.25) is 14.4 Å². The summed E-state index contributed by atoms with van der Waals surface area (Å²) >= 11 is 0. The second-order valence-corrected chi connectivity index (χ2v) is 8.45. The van der Waals surface area contributed by atoms with Crippen molar-refractivity contribution in [3.8, 4) is 0 Å². The SMILES string of the molecule is Cc1cccc(C(=O)N2CCCN(C(=O)CCC3CCCC3)C2C(=O)NCCN)c1. The first-order valence-electron chi connectivity index (χ1n) is 11.2. The standard InChI is InChI=1S/C23H34N4O3/c1-17-6-4-9-19(16-17)23(30)27-15-5-14-26(22(27)21(29)25-13-12-24)20(28)11-10-18-7-2-3-8-18/h4,6,9,16,18,22H,2-3,5,7-8,10-15,24H2,1H3,(H,25,29). The van der Waals surface area contributed by atoms with Crippen LogP contribution in [0.25, 0.3) is 0 Å². The molecule has 164 valence electrons. The Hall–Kier alpha value is -2.41. The van der Waals surface area contributed by atoms with Crippen LogP contribution < -0.4 is 11.1 Å². The van der Waals surface area contributed by atoms with Crippen LogP contribution in [0, 0.1) is 12.8 Å². The van der Waals surface area contributed by atoms with Crippen molar-refractivity contribution in [1.29, 1.82) is 0 Å². The molecule has 0 radical (unpaired) electrons. The summed E-state index contributed by atoms with van der Waals surface area (Å²) in [6.45, 7) is 3.48. The maximum absolute atomic E-state index is 13.3. The van der Waals surface area contributed by atoms with E-state index in [2.05, 4.69) is 5.32 Å². The Kier molecular flexibility index (Phi) is 7.85. The first-order valence-corrected chi connectivity index (χ1v) is 11.2. The van der Waals surface area contributed by atoms with Crippen LogP contribution in [0.3, 0.4) is 0 Å². The molecule has 1 unspecified atom stereocenters. The molecule has 7 nitrogen and oxygen atoms in total. The average Bonchev–Trinajstić information content (AvgIpc) is 3.28. The molecule has 1 aromatic rings.